The third-order valence-electron chi connectivity index (χ3n) is 4.66. The Kier molecular flexibility index (Phi) is 7.41. The highest BCUT2D eigenvalue weighted by Gasteiger charge is 2.12. The number of carbonyl (C=O) groups is 1. The van der Waals surface area contributed by atoms with E-state index >= 15 is 0 Å². The maximum Gasteiger partial charge on any atom is 0.256 e. The van der Waals surface area contributed by atoms with Crippen molar-refractivity contribution in [2.24, 2.45) is 0 Å². The molecular formula is C23H20ClFN6O. The molecule has 7 nitrogen and oxygen atoms in total. The van der Waals surface area contributed by atoms with E-state index < -0.39 is 6.67 Å². The van der Waals surface area contributed by atoms with E-state index in [1.807, 2.05) is 13.0 Å². The van der Waals surface area contributed by atoms with Gasteiger partial charge in [-0.1, -0.05) is 24.3 Å². The molecule has 0 aliphatic carbocycles. The number of hydrogen-bond acceptors (Lipinski definition) is 6. The van der Waals surface area contributed by atoms with Crippen LogP contribution in [0.1, 0.15) is 21.5 Å². The van der Waals surface area contributed by atoms with E-state index in [9.17, 15) is 9.18 Å². The van der Waals surface area contributed by atoms with Gasteiger partial charge in [0.2, 0.25) is 5.95 Å². The lowest BCUT2D eigenvalue weighted by atomic mass is 10.1. The van der Waals surface area contributed by atoms with Gasteiger partial charge in [0.05, 0.1) is 5.69 Å². The Balaban J connectivity index is 0.00000289. The van der Waals surface area contributed by atoms with Crippen molar-refractivity contribution in [3.63, 3.8) is 0 Å². The minimum Gasteiger partial charge on any atom is -0.324 e. The maximum atomic E-state index is 13.2. The van der Waals surface area contributed by atoms with E-state index in [0.29, 0.717) is 28.5 Å². The molecule has 162 valence electrons. The summed E-state index contributed by atoms with van der Waals surface area (Å²) in [6.45, 7) is 1.23. The highest BCUT2D eigenvalue weighted by molar-refractivity contribution is 6.05. The molecule has 0 radical (unpaired) electrons. The molecule has 2 heterocycles. The topological polar surface area (TPSA) is 92.7 Å². The number of aryl methyl sites for hydroxylation is 1. The van der Waals surface area contributed by atoms with Gasteiger partial charge in [0, 0.05) is 41.1 Å². The molecule has 0 unspecified atom stereocenters. The number of nitrogens with one attached hydrogen (secondary N) is 2. The number of nitrogens with zero attached hydrogens (tertiary/aromatic N) is 4. The lowest BCUT2D eigenvalue weighted by Gasteiger charge is -2.13. The summed E-state index contributed by atoms with van der Waals surface area (Å²) in [5.74, 6) is 0.0288. The third-order valence-corrected chi connectivity index (χ3v) is 4.66. The van der Waals surface area contributed by atoms with Gasteiger partial charge in [0.1, 0.15) is 13.0 Å². The summed E-state index contributed by atoms with van der Waals surface area (Å²) < 4.78 is 13.2. The van der Waals surface area contributed by atoms with Gasteiger partial charge in [0.15, 0.2) is 0 Å². The maximum absolute atomic E-state index is 13.2. The Morgan fingerprint density at radius 2 is 1.84 bits per heavy atom. The molecule has 0 spiro atoms. The molecule has 1 amide bonds. The van der Waals surface area contributed by atoms with Crippen LogP contribution in [0.25, 0.3) is 11.3 Å². The van der Waals surface area contributed by atoms with E-state index in [-0.39, 0.29) is 18.3 Å². The summed E-state index contributed by atoms with van der Waals surface area (Å²) in [5, 5.41) is 6.00. The summed E-state index contributed by atoms with van der Waals surface area (Å²) in [6.07, 6.45) is 6.46. The smallest absolute Gasteiger partial charge is 0.256 e. The van der Waals surface area contributed by atoms with Crippen molar-refractivity contribution < 1.29 is 9.18 Å². The second-order valence-electron chi connectivity index (χ2n) is 6.79. The highest BCUT2D eigenvalue weighted by Crippen LogP contribution is 2.25. The summed E-state index contributed by atoms with van der Waals surface area (Å²) in [5.41, 5.74) is 4.36. The highest BCUT2D eigenvalue weighted by atomic mass is 35.5. The van der Waals surface area contributed by atoms with Crippen molar-refractivity contribution in [3.05, 3.63) is 90.1 Å². The number of anilines is 3. The minimum atomic E-state index is -0.704. The van der Waals surface area contributed by atoms with Crippen LogP contribution < -0.4 is 10.6 Å². The molecule has 2 N–H and O–H groups in total. The van der Waals surface area contributed by atoms with Crippen LogP contribution >= 0.6 is 12.4 Å². The molecule has 0 aliphatic rings. The van der Waals surface area contributed by atoms with Crippen LogP contribution in [-0.2, 0) is 6.67 Å². The molecule has 0 fully saturated rings. The largest absolute Gasteiger partial charge is 0.324 e. The number of aromatic nitrogens is 4. The number of alkyl halides is 1. The molecule has 0 bridgehead atoms. The van der Waals surface area contributed by atoms with Crippen LogP contribution in [0.3, 0.4) is 0 Å². The second kappa shape index (κ2) is 10.4. The predicted molar refractivity (Wildman–Crippen MR) is 124 cm³/mol. The first-order chi connectivity index (χ1) is 15.1. The first kappa shape index (κ1) is 22.8. The van der Waals surface area contributed by atoms with E-state index in [1.54, 1.807) is 61.1 Å². The van der Waals surface area contributed by atoms with E-state index in [1.165, 1.54) is 6.33 Å². The molecule has 2 aromatic carbocycles. The molecule has 0 atom stereocenters. The van der Waals surface area contributed by atoms with Gasteiger partial charge in [0.25, 0.3) is 5.91 Å². The molecular weight excluding hydrogens is 431 g/mol. The van der Waals surface area contributed by atoms with Gasteiger partial charge < -0.3 is 10.6 Å². The van der Waals surface area contributed by atoms with Crippen molar-refractivity contribution >= 4 is 35.6 Å². The first-order valence-corrected chi connectivity index (χ1v) is 9.55. The van der Waals surface area contributed by atoms with E-state index in [2.05, 4.69) is 30.6 Å². The first-order valence-electron chi connectivity index (χ1n) is 9.55. The monoisotopic (exact) mass is 450 g/mol. The molecule has 4 aromatic rings. The normalized spacial score (nSPS) is 10.2. The molecule has 0 saturated carbocycles. The number of carbonyl (C=O) groups excluding carboxylic acids is 1. The SMILES string of the molecule is Cc1ccc(NC(=O)c2ccccc2CF)cc1Nc1nccc(-c2cncnc2)n1.Cl. The van der Waals surface area contributed by atoms with Crippen LogP contribution in [-0.4, -0.2) is 25.8 Å². The van der Waals surface area contributed by atoms with Crippen LogP contribution in [0.5, 0.6) is 0 Å². The Morgan fingerprint density at radius 1 is 1.06 bits per heavy atom. The van der Waals surface area contributed by atoms with Crippen LogP contribution in [0, 0.1) is 6.92 Å². The molecule has 9 heteroatoms. The predicted octanol–water partition coefficient (Wildman–Crippen LogP) is 5.13. The lowest BCUT2D eigenvalue weighted by molar-refractivity contribution is 0.102. The third kappa shape index (κ3) is 5.22. The standard InChI is InChI=1S/C23H19FN6O.ClH/c1-15-6-7-18(28-22(31)19-5-3-2-4-16(19)11-24)10-21(15)30-23-27-9-8-20(29-23)17-12-25-14-26-13-17;/h2-10,12-14H,11H2,1H3,(H,28,31)(H,27,29,30);1H. The van der Waals surface area contributed by atoms with Gasteiger partial charge in [-0.15, -0.1) is 12.4 Å². The number of hydrogen-bond donors (Lipinski definition) is 2. The van der Waals surface area contributed by atoms with E-state index in [4.69, 9.17) is 0 Å². The average molecular weight is 451 g/mol. The van der Waals surface area contributed by atoms with Crippen molar-refractivity contribution in [2.45, 2.75) is 13.6 Å². The van der Waals surface area contributed by atoms with Gasteiger partial charge >= 0.3 is 0 Å². The Morgan fingerprint density at radius 3 is 2.62 bits per heavy atom. The number of halogens is 2. The van der Waals surface area contributed by atoms with Crippen LogP contribution in [0.2, 0.25) is 0 Å². The van der Waals surface area contributed by atoms with E-state index in [0.717, 1.165) is 16.8 Å². The average Bonchev–Trinajstić information content (AvgIpc) is 2.82. The number of amides is 1. The van der Waals surface area contributed by atoms with Crippen molar-refractivity contribution in [1.29, 1.82) is 0 Å². The zero-order valence-corrected chi connectivity index (χ0v) is 17.9. The number of rotatable bonds is 6. The van der Waals surface area contributed by atoms with Gasteiger partial charge in [-0.3, -0.25) is 4.79 Å². The Labute approximate surface area is 190 Å². The zero-order chi connectivity index (χ0) is 21.6. The van der Waals surface area contributed by atoms with Gasteiger partial charge in [-0.25, -0.2) is 24.3 Å². The van der Waals surface area contributed by atoms with Crippen molar-refractivity contribution in [1.82, 2.24) is 19.9 Å². The summed E-state index contributed by atoms with van der Waals surface area (Å²) >= 11 is 0. The van der Waals surface area contributed by atoms with Crippen molar-refractivity contribution in [2.75, 3.05) is 10.6 Å². The molecule has 0 saturated heterocycles. The second-order valence-corrected chi connectivity index (χ2v) is 6.79. The quantitative estimate of drug-likeness (QED) is 0.423. The fourth-order valence-corrected chi connectivity index (χ4v) is 3.02. The van der Waals surface area contributed by atoms with Crippen molar-refractivity contribution in [3.8, 4) is 11.3 Å². The summed E-state index contributed by atoms with van der Waals surface area (Å²) in [7, 11) is 0. The Hall–Kier alpha value is -3.91. The lowest BCUT2D eigenvalue weighted by Crippen LogP contribution is -2.14. The van der Waals surface area contributed by atoms with Crippen LogP contribution in [0.4, 0.5) is 21.7 Å². The Bertz CT molecular complexity index is 1220. The van der Waals surface area contributed by atoms with Crippen LogP contribution in [0.15, 0.2) is 73.4 Å². The molecule has 2 aromatic heterocycles. The molecule has 4 rings (SSSR count). The zero-order valence-electron chi connectivity index (χ0n) is 17.1. The molecule has 32 heavy (non-hydrogen) atoms. The number of benzene rings is 2. The fraction of sp³-hybridized carbons (Fsp3) is 0.0870. The minimum absolute atomic E-state index is 0. The fourth-order valence-electron chi connectivity index (χ4n) is 3.02. The summed E-state index contributed by atoms with van der Waals surface area (Å²) in [6, 6.07) is 13.8. The summed E-state index contributed by atoms with van der Waals surface area (Å²) in [4.78, 5) is 29.4. The van der Waals surface area contributed by atoms with Gasteiger partial charge in [-0.2, -0.15) is 0 Å². The molecule has 0 aliphatic heterocycles. The van der Waals surface area contributed by atoms with Gasteiger partial charge in [-0.05, 0) is 42.3 Å².